The molecule has 2 aliphatic rings. The molecule has 0 bridgehead atoms. The molecule has 0 saturated carbocycles. The number of hydrogen-bond donors (Lipinski definition) is 0. The summed E-state index contributed by atoms with van der Waals surface area (Å²) in [6, 6.07) is 2.32. The van der Waals surface area contributed by atoms with Crippen LogP contribution >= 0.6 is 0 Å². The normalized spacial score (nSPS) is 18.7. The number of aryl methyl sites for hydroxylation is 2. The van der Waals surface area contributed by atoms with E-state index in [2.05, 4.69) is 101 Å². The lowest BCUT2D eigenvalue weighted by Crippen LogP contribution is -2.07. The lowest BCUT2D eigenvalue weighted by atomic mass is 9.87. The van der Waals surface area contributed by atoms with Gasteiger partial charge in [0.2, 0.25) is 0 Å². The minimum absolute atomic E-state index is 0.499. The Hall–Kier alpha value is -2.54. The third kappa shape index (κ3) is 4.81. The van der Waals surface area contributed by atoms with Crippen LogP contribution in [-0.4, -0.2) is 0 Å². The summed E-state index contributed by atoms with van der Waals surface area (Å²) in [6.45, 7) is 26.8. The van der Waals surface area contributed by atoms with Crippen molar-refractivity contribution in [2.75, 3.05) is 0 Å². The molecule has 1 heteroatoms. The standard InChI is InChI=1S/C33H44O/c1-18(2)31-29(16-21(5)32-23(7)19(3)15-20(4)24(32)8)13-14-30(31)17-22(6)33-25(9)27(11)34-28(12)26(33)10/h15-18H,13-14H2,1-12H3/b21-16+,30-17?. The van der Waals surface area contributed by atoms with Crippen molar-refractivity contribution >= 4 is 5.57 Å². The summed E-state index contributed by atoms with van der Waals surface area (Å²) in [5, 5.41) is 0. The van der Waals surface area contributed by atoms with E-state index in [0.717, 1.165) is 24.4 Å². The molecule has 0 unspecified atom stereocenters. The Labute approximate surface area is 208 Å². The Bertz CT molecular complexity index is 1160. The first-order valence-electron chi connectivity index (χ1n) is 12.8. The number of hydrogen-bond acceptors (Lipinski definition) is 1. The Balaban J connectivity index is 2.14. The monoisotopic (exact) mass is 456 g/mol. The zero-order valence-corrected chi connectivity index (χ0v) is 23.6. The summed E-state index contributed by atoms with van der Waals surface area (Å²) >= 11 is 0. The number of benzene rings is 1. The molecular weight excluding hydrogens is 412 g/mol. The molecule has 1 nitrogen and oxygen atoms in total. The minimum atomic E-state index is 0.499. The first-order chi connectivity index (χ1) is 15.8. The number of allylic oxidation sites excluding steroid dienone is 12. The van der Waals surface area contributed by atoms with Crippen LogP contribution in [0.15, 0.2) is 68.7 Å². The van der Waals surface area contributed by atoms with E-state index >= 15 is 0 Å². The van der Waals surface area contributed by atoms with E-state index in [-0.39, 0.29) is 0 Å². The topological polar surface area (TPSA) is 9.23 Å². The fourth-order valence-corrected chi connectivity index (χ4v) is 5.87. The molecule has 1 aromatic carbocycles. The molecule has 0 saturated heterocycles. The molecule has 1 heterocycles. The third-order valence-corrected chi connectivity index (χ3v) is 7.98. The zero-order chi connectivity index (χ0) is 25.5. The molecule has 0 spiro atoms. The average molecular weight is 457 g/mol. The van der Waals surface area contributed by atoms with Crippen molar-refractivity contribution in [1.29, 1.82) is 0 Å². The Morgan fingerprint density at radius 2 is 1.35 bits per heavy atom. The van der Waals surface area contributed by atoms with E-state index in [1.165, 1.54) is 72.4 Å². The van der Waals surface area contributed by atoms with Gasteiger partial charge in [0, 0.05) is 0 Å². The molecular formula is C33H44O. The number of ether oxygens (including phenoxy) is 1. The second-order valence-corrected chi connectivity index (χ2v) is 10.7. The van der Waals surface area contributed by atoms with Crippen molar-refractivity contribution in [1.82, 2.24) is 0 Å². The quantitative estimate of drug-likeness (QED) is 0.438. The van der Waals surface area contributed by atoms with Gasteiger partial charge in [0.1, 0.15) is 11.5 Å². The Kier molecular flexibility index (Phi) is 7.65. The third-order valence-electron chi connectivity index (χ3n) is 7.98. The van der Waals surface area contributed by atoms with E-state index in [1.54, 1.807) is 0 Å². The highest BCUT2D eigenvalue weighted by molar-refractivity contribution is 5.74. The SMILES string of the molecule is CC(C=C1CCC(/C=C(\C)c2c(C)c(C)cc(C)c2C)=C1C(C)C)=C1C(C)=C(C)OC(C)=C1C. The highest BCUT2D eigenvalue weighted by Gasteiger charge is 2.24. The van der Waals surface area contributed by atoms with Crippen molar-refractivity contribution < 1.29 is 4.74 Å². The van der Waals surface area contributed by atoms with Gasteiger partial charge < -0.3 is 4.74 Å². The second-order valence-electron chi connectivity index (χ2n) is 10.7. The van der Waals surface area contributed by atoms with E-state index < -0.39 is 0 Å². The van der Waals surface area contributed by atoms with Crippen LogP contribution in [0, 0.1) is 33.6 Å². The predicted molar refractivity (Wildman–Crippen MR) is 149 cm³/mol. The van der Waals surface area contributed by atoms with E-state index in [9.17, 15) is 0 Å². The van der Waals surface area contributed by atoms with Gasteiger partial charge in [0.15, 0.2) is 0 Å². The molecule has 1 aromatic rings. The molecule has 34 heavy (non-hydrogen) atoms. The Morgan fingerprint density at radius 3 is 1.85 bits per heavy atom. The summed E-state index contributed by atoms with van der Waals surface area (Å²) in [5.41, 5.74) is 18.1. The van der Waals surface area contributed by atoms with Crippen LogP contribution in [0.4, 0.5) is 0 Å². The molecule has 0 aromatic heterocycles. The number of rotatable bonds is 4. The lowest BCUT2D eigenvalue weighted by molar-refractivity contribution is 0.295. The summed E-state index contributed by atoms with van der Waals surface area (Å²) in [7, 11) is 0. The smallest absolute Gasteiger partial charge is 0.104 e. The highest BCUT2D eigenvalue weighted by Crippen LogP contribution is 2.41. The van der Waals surface area contributed by atoms with Crippen LogP contribution in [0.5, 0.6) is 0 Å². The van der Waals surface area contributed by atoms with Crippen LogP contribution in [0.3, 0.4) is 0 Å². The van der Waals surface area contributed by atoms with Gasteiger partial charge in [-0.15, -0.1) is 0 Å². The van der Waals surface area contributed by atoms with Crippen molar-refractivity contribution in [3.8, 4) is 0 Å². The van der Waals surface area contributed by atoms with Gasteiger partial charge in [-0.2, -0.15) is 0 Å². The molecule has 3 rings (SSSR count). The summed E-state index contributed by atoms with van der Waals surface area (Å²) in [5.74, 6) is 2.53. The molecule has 0 atom stereocenters. The van der Waals surface area contributed by atoms with Crippen LogP contribution in [0.1, 0.15) is 96.0 Å². The largest absolute Gasteiger partial charge is 0.466 e. The molecule has 1 aliphatic carbocycles. The van der Waals surface area contributed by atoms with Gasteiger partial charge in [0.25, 0.3) is 0 Å². The van der Waals surface area contributed by atoms with Crippen LogP contribution < -0.4 is 0 Å². The van der Waals surface area contributed by atoms with Gasteiger partial charge in [-0.05, 0) is 160 Å². The van der Waals surface area contributed by atoms with E-state index in [0.29, 0.717) is 5.92 Å². The first kappa shape index (κ1) is 26.1. The van der Waals surface area contributed by atoms with E-state index in [1.807, 2.05) is 0 Å². The molecule has 0 N–H and O–H groups in total. The first-order valence-corrected chi connectivity index (χ1v) is 12.8. The predicted octanol–water partition coefficient (Wildman–Crippen LogP) is 9.93. The van der Waals surface area contributed by atoms with Crippen molar-refractivity contribution in [3.63, 3.8) is 0 Å². The molecule has 1 aliphatic heterocycles. The van der Waals surface area contributed by atoms with Crippen LogP contribution in [0.2, 0.25) is 0 Å². The minimum Gasteiger partial charge on any atom is -0.466 e. The summed E-state index contributed by atoms with van der Waals surface area (Å²) < 4.78 is 5.95. The van der Waals surface area contributed by atoms with Crippen LogP contribution in [0.25, 0.3) is 5.57 Å². The van der Waals surface area contributed by atoms with Crippen molar-refractivity contribution in [2.24, 2.45) is 5.92 Å². The maximum absolute atomic E-state index is 5.95. The summed E-state index contributed by atoms with van der Waals surface area (Å²) in [6.07, 6.45) is 7.16. The fourth-order valence-electron chi connectivity index (χ4n) is 5.87. The van der Waals surface area contributed by atoms with Gasteiger partial charge in [-0.25, -0.2) is 0 Å². The highest BCUT2D eigenvalue weighted by atomic mass is 16.5. The van der Waals surface area contributed by atoms with Gasteiger partial charge >= 0.3 is 0 Å². The van der Waals surface area contributed by atoms with Crippen LogP contribution in [-0.2, 0) is 4.74 Å². The van der Waals surface area contributed by atoms with Gasteiger partial charge in [0.05, 0.1) is 0 Å². The maximum atomic E-state index is 5.95. The van der Waals surface area contributed by atoms with E-state index in [4.69, 9.17) is 4.74 Å². The molecule has 182 valence electrons. The summed E-state index contributed by atoms with van der Waals surface area (Å²) in [4.78, 5) is 0. The Morgan fingerprint density at radius 1 is 0.824 bits per heavy atom. The van der Waals surface area contributed by atoms with Gasteiger partial charge in [-0.3, -0.25) is 0 Å². The molecule has 0 radical (unpaired) electrons. The second kappa shape index (κ2) is 9.98. The van der Waals surface area contributed by atoms with Gasteiger partial charge in [-0.1, -0.05) is 32.1 Å². The van der Waals surface area contributed by atoms with Crippen molar-refractivity contribution in [2.45, 2.75) is 95.9 Å². The lowest BCUT2D eigenvalue weighted by Gasteiger charge is -2.24. The fraction of sp³-hybridized carbons (Fsp3) is 0.455. The zero-order valence-electron chi connectivity index (χ0n) is 23.6. The van der Waals surface area contributed by atoms with Crippen molar-refractivity contribution in [3.05, 3.63) is 96.6 Å². The maximum Gasteiger partial charge on any atom is 0.104 e. The average Bonchev–Trinajstić information content (AvgIpc) is 3.13. The molecule has 0 fully saturated rings. The molecule has 0 amide bonds.